The molecule has 5 aromatic rings. The van der Waals surface area contributed by atoms with Crippen LogP contribution in [-0.4, -0.2) is 37.0 Å². The Balaban J connectivity index is 1.28. The number of para-hydroxylation sites is 2. The highest BCUT2D eigenvalue weighted by atomic mass is 32.1. The van der Waals surface area contributed by atoms with Crippen LogP contribution in [0.15, 0.2) is 78.3 Å². The Morgan fingerprint density at radius 2 is 1.83 bits per heavy atom. The van der Waals surface area contributed by atoms with Gasteiger partial charge in [-0.2, -0.15) is 8.78 Å². The highest BCUT2D eigenvalue weighted by Crippen LogP contribution is 2.29. The summed E-state index contributed by atoms with van der Waals surface area (Å²) in [4.78, 5) is 16.2. The van der Waals surface area contributed by atoms with Crippen LogP contribution in [0, 0.1) is 0 Å². The number of aromatic nitrogens is 5. The maximum absolute atomic E-state index is 14.2. The minimum Gasteiger partial charge on any atom is -0.472 e. The molecule has 0 unspecified atom stereocenters. The van der Waals surface area contributed by atoms with E-state index in [1.54, 1.807) is 28.3 Å². The lowest BCUT2D eigenvalue weighted by Gasteiger charge is -2.16. The van der Waals surface area contributed by atoms with Gasteiger partial charge in [-0.15, -0.1) is 21.5 Å². The number of alkyl halides is 2. The lowest BCUT2D eigenvalue weighted by atomic mass is 10.3. The van der Waals surface area contributed by atoms with Crippen molar-refractivity contribution in [3.05, 3.63) is 84.0 Å². The molecule has 3 aromatic heterocycles. The van der Waals surface area contributed by atoms with Gasteiger partial charge in [0.1, 0.15) is 12.4 Å². The molecule has 0 aliphatic rings. The standard InChI is InChI=1S/C23H16F2N6O3S/c24-23(25,34-18-9-5-2-6-10-18)21(32)28-22-27-16(14-35-22)13-33-19-11-15-12-26-30-29-20(15)31(19)17-7-3-1-4-8-17/h1-12,14H,13H2,(H,27,28,32). The third-order valence-corrected chi connectivity index (χ3v) is 5.57. The normalized spacial score (nSPS) is 11.4. The molecule has 0 saturated carbocycles. The molecular formula is C23H16F2N6O3S. The minimum absolute atomic E-state index is 0.0105. The number of fused-ring (bicyclic) bond motifs is 1. The maximum Gasteiger partial charge on any atom is 0.482 e. The molecular weight excluding hydrogens is 478 g/mol. The van der Waals surface area contributed by atoms with Gasteiger partial charge in [0.2, 0.25) is 5.88 Å². The molecule has 0 aliphatic carbocycles. The molecule has 0 aliphatic heterocycles. The summed E-state index contributed by atoms with van der Waals surface area (Å²) in [5.74, 6) is -1.29. The molecule has 0 fully saturated rings. The Morgan fingerprint density at radius 3 is 2.60 bits per heavy atom. The van der Waals surface area contributed by atoms with Crippen LogP contribution in [0.4, 0.5) is 13.9 Å². The van der Waals surface area contributed by atoms with Crippen LogP contribution in [0.25, 0.3) is 16.7 Å². The largest absolute Gasteiger partial charge is 0.482 e. The first-order chi connectivity index (χ1) is 17.0. The van der Waals surface area contributed by atoms with Crippen molar-refractivity contribution in [3.63, 3.8) is 0 Å². The number of hydrogen-bond acceptors (Lipinski definition) is 8. The SMILES string of the molecule is O=C(Nc1nc(COc2cc3cnnnc3n2-c2ccccc2)cs1)C(F)(F)Oc1ccccc1. The van der Waals surface area contributed by atoms with Gasteiger partial charge in [0.05, 0.1) is 17.6 Å². The summed E-state index contributed by atoms with van der Waals surface area (Å²) in [5.41, 5.74) is 1.81. The van der Waals surface area contributed by atoms with Crippen LogP contribution < -0.4 is 14.8 Å². The van der Waals surface area contributed by atoms with E-state index in [2.05, 4.69) is 30.4 Å². The zero-order valence-electron chi connectivity index (χ0n) is 17.8. The Labute approximate surface area is 201 Å². The van der Waals surface area contributed by atoms with Crippen LogP contribution in [0.3, 0.4) is 0 Å². The second kappa shape index (κ2) is 9.43. The highest BCUT2D eigenvalue weighted by molar-refractivity contribution is 7.13. The molecule has 0 atom stereocenters. The zero-order chi connectivity index (χ0) is 24.3. The molecule has 0 spiro atoms. The van der Waals surface area contributed by atoms with Gasteiger partial charge in [-0.25, -0.2) is 4.98 Å². The number of nitrogens with zero attached hydrogens (tertiary/aromatic N) is 5. The van der Waals surface area contributed by atoms with Crippen molar-refractivity contribution in [1.29, 1.82) is 0 Å². The average molecular weight is 494 g/mol. The second-order valence-electron chi connectivity index (χ2n) is 7.19. The van der Waals surface area contributed by atoms with E-state index in [9.17, 15) is 13.6 Å². The van der Waals surface area contributed by atoms with Crippen molar-refractivity contribution in [2.45, 2.75) is 12.7 Å². The van der Waals surface area contributed by atoms with Crippen molar-refractivity contribution in [2.75, 3.05) is 5.32 Å². The van der Waals surface area contributed by atoms with Crippen molar-refractivity contribution >= 4 is 33.4 Å². The highest BCUT2D eigenvalue weighted by Gasteiger charge is 2.42. The van der Waals surface area contributed by atoms with E-state index in [-0.39, 0.29) is 17.5 Å². The fourth-order valence-corrected chi connectivity index (χ4v) is 3.90. The molecule has 176 valence electrons. The number of thiazole rings is 1. The number of anilines is 1. The van der Waals surface area contributed by atoms with Gasteiger partial charge in [0.25, 0.3) is 0 Å². The topological polar surface area (TPSA) is 104 Å². The van der Waals surface area contributed by atoms with Crippen LogP contribution in [-0.2, 0) is 11.4 Å². The summed E-state index contributed by atoms with van der Waals surface area (Å²) in [5, 5.41) is 16.0. The molecule has 2 aromatic carbocycles. The summed E-state index contributed by atoms with van der Waals surface area (Å²) >= 11 is 0.990. The van der Waals surface area contributed by atoms with Gasteiger partial charge in [-0.05, 0) is 29.5 Å². The second-order valence-corrected chi connectivity index (χ2v) is 8.04. The van der Waals surface area contributed by atoms with Crippen LogP contribution in [0.2, 0.25) is 0 Å². The molecule has 3 heterocycles. The third kappa shape index (κ3) is 4.92. The van der Waals surface area contributed by atoms with Crippen LogP contribution >= 0.6 is 11.3 Å². The van der Waals surface area contributed by atoms with Crippen molar-refractivity contribution in [3.8, 4) is 17.3 Å². The third-order valence-electron chi connectivity index (χ3n) is 4.77. The Hall–Kier alpha value is -4.45. The van der Waals surface area contributed by atoms with E-state index in [0.29, 0.717) is 17.2 Å². The lowest BCUT2D eigenvalue weighted by Crippen LogP contribution is -2.39. The van der Waals surface area contributed by atoms with Crippen LogP contribution in [0.5, 0.6) is 11.6 Å². The number of carbonyl (C=O) groups excluding carboxylic acids is 1. The monoisotopic (exact) mass is 494 g/mol. The van der Waals surface area contributed by atoms with Crippen molar-refractivity contribution in [1.82, 2.24) is 25.0 Å². The predicted molar refractivity (Wildman–Crippen MR) is 124 cm³/mol. The summed E-state index contributed by atoms with van der Waals surface area (Å²) in [6.45, 7) is 0.0211. The predicted octanol–water partition coefficient (Wildman–Crippen LogP) is 4.46. The van der Waals surface area contributed by atoms with E-state index >= 15 is 0 Å². The van der Waals surface area contributed by atoms with E-state index in [1.807, 2.05) is 30.3 Å². The Morgan fingerprint density at radius 1 is 1.09 bits per heavy atom. The van der Waals surface area contributed by atoms with Gasteiger partial charge in [0.15, 0.2) is 10.8 Å². The molecule has 12 heteroatoms. The summed E-state index contributed by atoms with van der Waals surface area (Å²) in [6.07, 6.45) is -2.50. The van der Waals surface area contributed by atoms with Crippen molar-refractivity contribution < 1.29 is 23.0 Å². The number of halogens is 2. The van der Waals surface area contributed by atoms with Gasteiger partial charge in [-0.1, -0.05) is 36.4 Å². The maximum atomic E-state index is 14.2. The fraction of sp³-hybridized carbons (Fsp3) is 0.0870. The number of carbonyl (C=O) groups is 1. The Bertz CT molecular complexity index is 1460. The molecule has 1 amide bonds. The molecule has 0 radical (unpaired) electrons. The van der Waals surface area contributed by atoms with Gasteiger partial charge in [0, 0.05) is 16.8 Å². The van der Waals surface area contributed by atoms with E-state index < -0.39 is 12.0 Å². The van der Waals surface area contributed by atoms with Gasteiger partial charge >= 0.3 is 12.0 Å². The number of rotatable bonds is 8. The number of amides is 1. The number of benzene rings is 2. The van der Waals surface area contributed by atoms with E-state index in [0.717, 1.165) is 22.4 Å². The number of nitrogens with one attached hydrogen (secondary N) is 1. The summed E-state index contributed by atoms with van der Waals surface area (Å²) in [7, 11) is 0. The molecule has 0 bridgehead atoms. The fourth-order valence-electron chi connectivity index (χ4n) is 3.21. The van der Waals surface area contributed by atoms with Crippen LogP contribution in [0.1, 0.15) is 5.69 Å². The first-order valence-electron chi connectivity index (χ1n) is 10.3. The molecule has 35 heavy (non-hydrogen) atoms. The Kier molecular flexibility index (Phi) is 6.02. The van der Waals surface area contributed by atoms with Gasteiger partial charge < -0.3 is 9.47 Å². The lowest BCUT2D eigenvalue weighted by molar-refractivity contribution is -0.187. The first-order valence-corrected chi connectivity index (χ1v) is 11.1. The average Bonchev–Trinajstić information content (AvgIpc) is 3.47. The van der Waals surface area contributed by atoms with E-state index in [1.165, 1.54) is 24.3 Å². The summed E-state index contributed by atoms with van der Waals surface area (Å²) in [6, 6.07) is 18.6. The molecule has 0 saturated heterocycles. The molecule has 9 nitrogen and oxygen atoms in total. The van der Waals surface area contributed by atoms with Crippen molar-refractivity contribution in [2.24, 2.45) is 0 Å². The van der Waals surface area contributed by atoms with E-state index in [4.69, 9.17) is 4.74 Å². The molecule has 1 N–H and O–H groups in total. The number of ether oxygens (including phenoxy) is 2. The smallest absolute Gasteiger partial charge is 0.472 e. The van der Waals surface area contributed by atoms with Gasteiger partial charge in [-0.3, -0.25) is 14.7 Å². The first kappa shape index (κ1) is 22.3. The quantitative estimate of drug-likeness (QED) is 0.340. The minimum atomic E-state index is -4.07. The zero-order valence-corrected chi connectivity index (χ0v) is 18.7. The number of hydrogen-bond donors (Lipinski definition) is 1. The summed E-state index contributed by atoms with van der Waals surface area (Å²) < 4.78 is 40.6. The molecule has 5 rings (SSSR count).